The second kappa shape index (κ2) is 89.0. The van der Waals surface area contributed by atoms with Crippen LogP contribution in [0.5, 0.6) is 0 Å². The van der Waals surface area contributed by atoms with Crippen LogP contribution in [0.15, 0.2) is 58.3 Å². The van der Waals surface area contributed by atoms with Crippen molar-refractivity contribution < 1.29 is 138 Å². The van der Waals surface area contributed by atoms with Crippen LogP contribution in [0.3, 0.4) is 0 Å². The highest BCUT2D eigenvalue weighted by molar-refractivity contribution is 7.86. The van der Waals surface area contributed by atoms with Crippen molar-refractivity contribution in [3.8, 4) is 0 Å². The van der Waals surface area contributed by atoms with Crippen LogP contribution in [0.25, 0.3) is 0 Å². The summed E-state index contributed by atoms with van der Waals surface area (Å²) in [5.41, 5.74) is 1.91. The summed E-state index contributed by atoms with van der Waals surface area (Å²) in [6, 6.07) is 12.0. The molecule has 0 unspecified atom stereocenters. The minimum Gasteiger partial charge on any atom is -0.394 e. The first kappa shape index (κ1) is 89.9. The molecule has 0 heterocycles. The molecule has 0 aromatic heterocycles. The molecule has 0 fully saturated rings. The molecule has 406 valence electrons. The molecular weight excluding hydrogens is 945 g/mol. The Morgan fingerprint density at radius 3 is 0.394 bits per heavy atom. The number of rotatable bonds is 13. The molecule has 0 aliphatic heterocycles. The van der Waals surface area contributed by atoms with E-state index in [1.54, 1.807) is 24.3 Å². The second-order valence-electron chi connectivity index (χ2n) is 9.50. The quantitative estimate of drug-likeness (QED) is 0.0829. The van der Waals surface area contributed by atoms with Crippen LogP contribution in [0, 0.1) is 13.8 Å². The minimum atomic E-state index is -4.02. The molecule has 0 spiro atoms. The fourth-order valence-corrected chi connectivity index (χ4v) is 2.38. The standard InChI is InChI=1S/2C7H8O3S.11C2H6O2/c2*1-6-2-4-7(5-3-6)11(8,9)10;11*3-1-2-4/h2*2-5H,1H3,(H,8,9,10);11*3-4H,1-2H2. The van der Waals surface area contributed by atoms with E-state index in [2.05, 4.69) is 0 Å². The monoisotopic (exact) mass is 1030 g/mol. The van der Waals surface area contributed by atoms with Gasteiger partial charge in [-0.1, -0.05) is 35.4 Å². The zero-order chi connectivity index (χ0) is 54.5. The van der Waals surface area contributed by atoms with Gasteiger partial charge in [-0.15, -0.1) is 0 Å². The molecule has 2 aromatic rings. The topological polar surface area (TPSA) is 554 Å². The maximum absolute atomic E-state index is 10.5. The molecule has 0 amide bonds. The fourth-order valence-electron chi connectivity index (χ4n) is 1.42. The van der Waals surface area contributed by atoms with Crippen molar-refractivity contribution in [1.82, 2.24) is 0 Å². The van der Waals surface area contributed by atoms with Gasteiger partial charge >= 0.3 is 0 Å². The molecule has 28 nitrogen and oxygen atoms in total. The SMILES string of the molecule is Cc1ccc(S(=O)(=O)O)cc1.Cc1ccc(S(=O)(=O)O)cc1.OCCO.OCCO.OCCO.OCCO.OCCO.OCCO.OCCO.OCCO.OCCO.OCCO.OCCO. The summed E-state index contributed by atoms with van der Waals surface area (Å²) in [6.45, 7) is 0.932. The third kappa shape index (κ3) is 137. The van der Waals surface area contributed by atoms with E-state index in [0.29, 0.717) is 0 Å². The smallest absolute Gasteiger partial charge is 0.294 e. The Kier molecular flexibility index (Phi) is 121. The molecule has 0 aliphatic carbocycles. The van der Waals surface area contributed by atoms with Gasteiger partial charge in [-0.3, -0.25) is 9.11 Å². The van der Waals surface area contributed by atoms with Gasteiger partial charge in [0.05, 0.1) is 155 Å². The molecule has 66 heavy (non-hydrogen) atoms. The Balaban J connectivity index is -0.0000000570. The molecular formula is C36H82O28S2. The summed E-state index contributed by atoms with van der Waals surface area (Å²) in [5, 5.41) is 168. The summed E-state index contributed by atoms with van der Waals surface area (Å²) < 4.78 is 59.1. The van der Waals surface area contributed by atoms with Gasteiger partial charge in [0, 0.05) is 0 Å². The number of benzene rings is 2. The minimum absolute atomic E-state index is 0.0666. The van der Waals surface area contributed by atoms with Crippen LogP contribution < -0.4 is 0 Å². The van der Waals surface area contributed by atoms with Crippen LogP contribution in [0.2, 0.25) is 0 Å². The molecule has 30 heteroatoms. The molecule has 2 rings (SSSR count). The van der Waals surface area contributed by atoms with E-state index in [1.807, 2.05) is 13.8 Å². The lowest BCUT2D eigenvalue weighted by molar-refractivity contribution is 0.186. The average Bonchev–Trinajstić information content (AvgIpc) is 3.34. The van der Waals surface area contributed by atoms with Gasteiger partial charge < -0.3 is 112 Å². The van der Waals surface area contributed by atoms with Crippen molar-refractivity contribution in [2.45, 2.75) is 23.6 Å². The Morgan fingerprint density at radius 2 is 0.333 bits per heavy atom. The molecule has 0 atom stereocenters. The summed E-state index contributed by atoms with van der Waals surface area (Å²) in [5.74, 6) is 0. The second-order valence-corrected chi connectivity index (χ2v) is 12.3. The van der Waals surface area contributed by atoms with Gasteiger partial charge in [-0.25, -0.2) is 0 Å². The van der Waals surface area contributed by atoms with E-state index in [-0.39, 0.29) is 155 Å². The number of aryl methyl sites for hydroxylation is 2. The molecule has 24 N–H and O–H groups in total. The third-order valence-corrected chi connectivity index (χ3v) is 5.47. The van der Waals surface area contributed by atoms with E-state index in [0.717, 1.165) is 11.1 Å². The van der Waals surface area contributed by atoms with E-state index >= 15 is 0 Å². The van der Waals surface area contributed by atoms with Crippen molar-refractivity contribution >= 4 is 20.2 Å². The maximum Gasteiger partial charge on any atom is 0.294 e. The molecule has 0 saturated heterocycles. The highest BCUT2D eigenvalue weighted by atomic mass is 32.2. The van der Waals surface area contributed by atoms with Crippen LogP contribution in [0.1, 0.15) is 11.1 Å². The number of hydrogen-bond donors (Lipinski definition) is 24. The number of aliphatic hydroxyl groups is 22. The number of aliphatic hydroxyl groups excluding tert-OH is 22. The first-order chi connectivity index (χ1) is 31.1. The molecule has 0 bridgehead atoms. The lowest BCUT2D eigenvalue weighted by Crippen LogP contribution is -1.96. The molecule has 0 saturated carbocycles. The van der Waals surface area contributed by atoms with Gasteiger partial charge in [-0.2, -0.15) is 16.8 Å². The van der Waals surface area contributed by atoms with Crippen LogP contribution in [0.4, 0.5) is 0 Å². The predicted octanol–water partition coefficient (Wildman–Crippen LogP) is -8.84. The lowest BCUT2D eigenvalue weighted by Gasteiger charge is -1.95. The van der Waals surface area contributed by atoms with E-state index in [1.165, 1.54) is 24.3 Å². The first-order valence-corrected chi connectivity index (χ1v) is 21.4. The largest absolute Gasteiger partial charge is 0.394 e. The predicted molar refractivity (Wildman–Crippen MR) is 238 cm³/mol. The van der Waals surface area contributed by atoms with Gasteiger partial charge in [0.1, 0.15) is 0 Å². The van der Waals surface area contributed by atoms with E-state index in [9.17, 15) is 16.8 Å². The zero-order valence-corrected chi connectivity index (χ0v) is 39.0. The van der Waals surface area contributed by atoms with Gasteiger partial charge in [0.2, 0.25) is 0 Å². The average molecular weight is 1030 g/mol. The third-order valence-electron chi connectivity index (χ3n) is 3.74. The summed E-state index contributed by atoms with van der Waals surface area (Å²) in [4.78, 5) is -0.133. The van der Waals surface area contributed by atoms with Gasteiger partial charge in [0.15, 0.2) is 0 Å². The van der Waals surface area contributed by atoms with E-state index < -0.39 is 20.2 Å². The first-order valence-electron chi connectivity index (χ1n) is 18.5. The Morgan fingerprint density at radius 1 is 0.242 bits per heavy atom. The van der Waals surface area contributed by atoms with Crippen LogP contribution in [-0.4, -0.2) is 284 Å². The van der Waals surface area contributed by atoms with Crippen molar-refractivity contribution in [3.63, 3.8) is 0 Å². The Bertz CT molecular complexity index is 1040. The van der Waals surface area contributed by atoms with Crippen molar-refractivity contribution in [2.24, 2.45) is 0 Å². The Hall–Kier alpha value is -2.62. The highest BCUT2D eigenvalue weighted by Gasteiger charge is 2.07. The van der Waals surface area contributed by atoms with Crippen molar-refractivity contribution in [3.05, 3.63) is 59.7 Å². The molecule has 0 aliphatic rings. The normalized spacial score (nSPS) is 8.82. The van der Waals surface area contributed by atoms with Crippen LogP contribution in [-0.2, 0) is 20.2 Å². The maximum atomic E-state index is 10.5. The van der Waals surface area contributed by atoms with Gasteiger partial charge in [0.25, 0.3) is 20.2 Å². The lowest BCUT2D eigenvalue weighted by atomic mass is 10.2. The zero-order valence-electron chi connectivity index (χ0n) is 37.4. The van der Waals surface area contributed by atoms with E-state index in [4.69, 9.17) is 121 Å². The number of hydrogen-bond acceptors (Lipinski definition) is 26. The fraction of sp³-hybridized carbons (Fsp3) is 0.667. The summed E-state index contributed by atoms with van der Waals surface area (Å²) in [6.07, 6.45) is 0. The molecule has 0 radical (unpaired) electrons. The van der Waals surface area contributed by atoms with Crippen molar-refractivity contribution in [1.29, 1.82) is 0 Å². The summed E-state index contributed by atoms with van der Waals surface area (Å²) >= 11 is 0. The highest BCUT2D eigenvalue weighted by Crippen LogP contribution is 2.09. The Labute approximate surface area is 386 Å². The molecule has 2 aromatic carbocycles. The summed E-state index contributed by atoms with van der Waals surface area (Å²) in [7, 11) is -8.04. The van der Waals surface area contributed by atoms with Crippen LogP contribution >= 0.6 is 0 Å². The van der Waals surface area contributed by atoms with Gasteiger partial charge in [-0.05, 0) is 38.1 Å². The van der Waals surface area contributed by atoms with Crippen molar-refractivity contribution in [2.75, 3.05) is 145 Å².